The minimum atomic E-state index is -4.63. The van der Waals surface area contributed by atoms with Gasteiger partial charge in [-0.25, -0.2) is 9.78 Å². The number of benzene rings is 1. The van der Waals surface area contributed by atoms with E-state index in [1.54, 1.807) is 24.3 Å². The summed E-state index contributed by atoms with van der Waals surface area (Å²) in [5.74, 6) is -2.43. The molecule has 0 aliphatic carbocycles. The van der Waals surface area contributed by atoms with Gasteiger partial charge in [0.15, 0.2) is 0 Å². The van der Waals surface area contributed by atoms with Gasteiger partial charge in [0.25, 0.3) is 5.91 Å². The fourth-order valence-electron chi connectivity index (χ4n) is 5.86. The molecule has 5 atom stereocenters. The summed E-state index contributed by atoms with van der Waals surface area (Å²) in [6.45, 7) is 5.62. The van der Waals surface area contributed by atoms with Gasteiger partial charge in [0, 0.05) is 28.8 Å². The first kappa shape index (κ1) is 31.2. The Morgan fingerprint density at radius 3 is 2.46 bits per heavy atom. The molecule has 2 aliphatic rings. The van der Waals surface area contributed by atoms with Gasteiger partial charge in [-0.05, 0) is 42.4 Å². The number of halogens is 4. The lowest BCUT2D eigenvalue weighted by atomic mass is 9.73. The highest BCUT2D eigenvalue weighted by molar-refractivity contribution is 9.10. The number of aliphatic carboxylic acids is 1. The summed E-state index contributed by atoms with van der Waals surface area (Å²) in [6.07, 6.45) is -3.63. The van der Waals surface area contributed by atoms with Crippen LogP contribution in [0.25, 0.3) is 0 Å². The van der Waals surface area contributed by atoms with E-state index in [-0.39, 0.29) is 18.1 Å². The van der Waals surface area contributed by atoms with Gasteiger partial charge in [0.2, 0.25) is 5.88 Å². The third-order valence-electron chi connectivity index (χ3n) is 7.67. The number of likely N-dealkylation sites (tertiary alicyclic amines) is 1. The van der Waals surface area contributed by atoms with E-state index >= 15 is 0 Å². The molecule has 41 heavy (non-hydrogen) atoms. The van der Waals surface area contributed by atoms with Crippen molar-refractivity contribution < 1.29 is 42.1 Å². The number of alkyl halides is 3. The van der Waals surface area contributed by atoms with Gasteiger partial charge in [-0.3, -0.25) is 4.79 Å². The van der Waals surface area contributed by atoms with Gasteiger partial charge >= 0.3 is 12.1 Å². The van der Waals surface area contributed by atoms with Crippen LogP contribution in [0.5, 0.6) is 5.88 Å². The number of carboxylic acid groups (broad SMARTS) is 1. The SMILES string of the molecule is COc1ncc(C(F)(F)F)cc1CO[C@H]1[C@H](C(C)(C)C)[C@@H](C(=O)O)N(C(=O)[C@@H]2CCCCO2)[C@H]1c1ccccc1Br. The van der Waals surface area contributed by atoms with E-state index in [9.17, 15) is 27.9 Å². The van der Waals surface area contributed by atoms with Gasteiger partial charge < -0.3 is 24.2 Å². The van der Waals surface area contributed by atoms with Crippen LogP contribution in [0.4, 0.5) is 13.2 Å². The number of rotatable bonds is 7. The second-order valence-electron chi connectivity index (χ2n) is 11.4. The number of nitrogens with zero attached hydrogens (tertiary/aromatic N) is 2. The second kappa shape index (κ2) is 12.3. The minimum Gasteiger partial charge on any atom is -0.481 e. The molecule has 1 N–H and O–H groups in total. The van der Waals surface area contributed by atoms with Gasteiger partial charge in [-0.2, -0.15) is 13.2 Å². The molecule has 1 amide bonds. The van der Waals surface area contributed by atoms with Crippen molar-refractivity contribution in [3.8, 4) is 5.88 Å². The molecule has 1 aromatic heterocycles. The molecule has 2 aliphatic heterocycles. The van der Waals surface area contributed by atoms with Crippen molar-refractivity contribution in [2.24, 2.45) is 11.3 Å². The molecule has 224 valence electrons. The van der Waals surface area contributed by atoms with Crippen LogP contribution in [0.2, 0.25) is 0 Å². The maximum Gasteiger partial charge on any atom is 0.417 e. The maximum absolute atomic E-state index is 14.1. The Morgan fingerprint density at radius 2 is 1.90 bits per heavy atom. The number of carbonyl (C=O) groups is 2. The standard InChI is InChI=1S/C29H34BrF3N2O6/c1-28(2,3)21-23(27(37)38)35(26(36)20-11-7-8-12-40-20)22(18-9-5-6-10-19(18)30)24(21)41-15-16-13-17(29(31,32)33)14-34-25(16)39-4/h5-6,9-10,13-14,20-24H,7-8,11-12,15H2,1-4H3,(H,37,38)/t20-,21+,22-,23-,24-/m0/s1. The Balaban J connectivity index is 1.84. The molecule has 12 heteroatoms. The van der Waals surface area contributed by atoms with Crippen molar-refractivity contribution in [2.45, 2.75) is 77.1 Å². The maximum atomic E-state index is 14.1. The molecule has 0 unspecified atom stereocenters. The molecule has 2 aromatic rings. The Morgan fingerprint density at radius 1 is 1.20 bits per heavy atom. The molecule has 3 heterocycles. The fraction of sp³-hybridized carbons (Fsp3) is 0.552. The summed E-state index contributed by atoms with van der Waals surface area (Å²) in [5, 5.41) is 10.6. The number of amides is 1. The average Bonchev–Trinajstić information content (AvgIpc) is 3.27. The normalized spacial score (nSPS) is 25.3. The Bertz CT molecular complexity index is 1260. The molecule has 0 saturated carbocycles. The summed E-state index contributed by atoms with van der Waals surface area (Å²) >= 11 is 3.56. The largest absolute Gasteiger partial charge is 0.481 e. The van der Waals surface area contributed by atoms with Crippen LogP contribution in [0.3, 0.4) is 0 Å². The lowest BCUT2D eigenvalue weighted by Crippen LogP contribution is -2.51. The summed E-state index contributed by atoms with van der Waals surface area (Å²) in [7, 11) is 1.29. The number of aromatic nitrogens is 1. The summed E-state index contributed by atoms with van der Waals surface area (Å²) < 4.78 is 58.5. The highest BCUT2D eigenvalue weighted by Crippen LogP contribution is 2.51. The smallest absolute Gasteiger partial charge is 0.417 e. The van der Waals surface area contributed by atoms with Crippen molar-refractivity contribution >= 4 is 27.8 Å². The van der Waals surface area contributed by atoms with Crippen LogP contribution in [0.1, 0.15) is 62.8 Å². The summed E-state index contributed by atoms with van der Waals surface area (Å²) in [4.78, 5) is 32.2. The Labute approximate surface area is 245 Å². The van der Waals surface area contributed by atoms with E-state index < -0.39 is 59.2 Å². The van der Waals surface area contributed by atoms with E-state index in [2.05, 4.69) is 20.9 Å². The first-order valence-electron chi connectivity index (χ1n) is 13.4. The first-order valence-corrected chi connectivity index (χ1v) is 14.2. The molecular weight excluding hydrogens is 609 g/mol. The molecule has 2 saturated heterocycles. The first-order chi connectivity index (χ1) is 19.3. The monoisotopic (exact) mass is 642 g/mol. The van der Waals surface area contributed by atoms with Crippen LogP contribution in [-0.2, 0) is 31.8 Å². The zero-order valence-corrected chi connectivity index (χ0v) is 24.9. The van der Waals surface area contributed by atoms with Crippen LogP contribution in [-0.4, -0.2) is 58.8 Å². The Hall–Kier alpha value is -2.70. The van der Waals surface area contributed by atoms with E-state index in [1.165, 1.54) is 12.0 Å². The molecule has 0 bridgehead atoms. The average molecular weight is 643 g/mol. The number of carboxylic acids is 1. The van der Waals surface area contributed by atoms with E-state index in [0.717, 1.165) is 18.9 Å². The predicted octanol–water partition coefficient (Wildman–Crippen LogP) is 6.02. The number of carbonyl (C=O) groups excluding carboxylic acids is 1. The van der Waals surface area contributed by atoms with Crippen LogP contribution in [0, 0.1) is 11.3 Å². The second-order valence-corrected chi connectivity index (χ2v) is 12.3. The third kappa shape index (κ3) is 6.54. The van der Waals surface area contributed by atoms with E-state index in [4.69, 9.17) is 14.2 Å². The molecule has 2 fully saturated rings. The van der Waals surface area contributed by atoms with Crippen molar-refractivity contribution in [2.75, 3.05) is 13.7 Å². The Kier molecular flexibility index (Phi) is 9.35. The van der Waals surface area contributed by atoms with Crippen LogP contribution in [0.15, 0.2) is 41.0 Å². The molecule has 1 aromatic carbocycles. The fourth-order valence-corrected chi connectivity index (χ4v) is 6.38. The number of hydrogen-bond donors (Lipinski definition) is 1. The minimum absolute atomic E-state index is 0.0425. The lowest BCUT2D eigenvalue weighted by molar-refractivity contribution is -0.159. The lowest BCUT2D eigenvalue weighted by Gasteiger charge is -2.35. The quantitative estimate of drug-likeness (QED) is 0.394. The zero-order valence-electron chi connectivity index (χ0n) is 23.3. The van der Waals surface area contributed by atoms with Gasteiger partial charge in [0.05, 0.1) is 31.4 Å². The molecule has 4 rings (SSSR count). The van der Waals surface area contributed by atoms with Crippen molar-refractivity contribution in [3.05, 3.63) is 57.7 Å². The predicted molar refractivity (Wildman–Crippen MR) is 146 cm³/mol. The summed E-state index contributed by atoms with van der Waals surface area (Å²) in [5.41, 5.74) is -0.985. The van der Waals surface area contributed by atoms with Gasteiger partial charge in [-0.15, -0.1) is 0 Å². The third-order valence-corrected chi connectivity index (χ3v) is 8.39. The van der Waals surface area contributed by atoms with E-state index in [1.807, 2.05) is 20.8 Å². The summed E-state index contributed by atoms with van der Waals surface area (Å²) in [6, 6.07) is 5.89. The zero-order chi connectivity index (χ0) is 30.1. The molecule has 8 nitrogen and oxygen atoms in total. The number of pyridine rings is 1. The van der Waals surface area contributed by atoms with Gasteiger partial charge in [0.1, 0.15) is 12.1 Å². The highest BCUT2D eigenvalue weighted by Gasteiger charge is 2.59. The van der Waals surface area contributed by atoms with Crippen molar-refractivity contribution in [3.63, 3.8) is 0 Å². The highest BCUT2D eigenvalue weighted by atomic mass is 79.9. The van der Waals surface area contributed by atoms with Crippen molar-refractivity contribution in [1.82, 2.24) is 9.88 Å². The molecule has 0 radical (unpaired) electrons. The number of methoxy groups -OCH3 is 1. The van der Waals surface area contributed by atoms with E-state index in [0.29, 0.717) is 29.3 Å². The topological polar surface area (TPSA) is 98.2 Å². The number of ether oxygens (including phenoxy) is 3. The van der Waals surface area contributed by atoms with Crippen LogP contribution < -0.4 is 4.74 Å². The molecule has 0 spiro atoms. The van der Waals surface area contributed by atoms with Crippen molar-refractivity contribution in [1.29, 1.82) is 0 Å². The molecular formula is C29H34BrF3N2O6. The number of hydrogen-bond acceptors (Lipinski definition) is 6. The van der Waals surface area contributed by atoms with Crippen LogP contribution >= 0.6 is 15.9 Å². The van der Waals surface area contributed by atoms with Gasteiger partial charge in [-0.1, -0.05) is 54.9 Å².